The van der Waals surface area contributed by atoms with Gasteiger partial charge < -0.3 is 9.64 Å². The van der Waals surface area contributed by atoms with Gasteiger partial charge in [0.15, 0.2) is 0 Å². The summed E-state index contributed by atoms with van der Waals surface area (Å²) < 4.78 is 8.01. The maximum atomic E-state index is 13.7. The second kappa shape index (κ2) is 12.5. The van der Waals surface area contributed by atoms with Crippen molar-refractivity contribution in [2.45, 2.75) is 84.3 Å². The first-order chi connectivity index (χ1) is 19.8. The SMILES string of the molecule is CCCn1c(=O)c2c(n(CCOC)c1=O)N=C(c1ccc(N(C(=O)C3CCCC3)C(C)CN3CCCC3=O)nc1)C2. The first-order valence-electron chi connectivity index (χ1n) is 14.8. The zero-order valence-electron chi connectivity index (χ0n) is 24.3. The Labute approximate surface area is 239 Å². The summed E-state index contributed by atoms with van der Waals surface area (Å²) in [5.41, 5.74) is 1.20. The van der Waals surface area contributed by atoms with Crippen molar-refractivity contribution in [3.8, 4) is 0 Å². The standard InChI is InChI=1S/C30H40N6O5/c1-4-13-35-29(39)23-17-24(32-27(23)34(30(35)40)15-16-41-3)22-11-12-25(31-18-22)36(28(38)21-8-5-6-9-21)20(2)19-33-14-7-10-26(33)37/h11-12,18,20-21H,4-10,13-17,19H2,1-3H3. The number of hydrogen-bond acceptors (Lipinski definition) is 7. The number of methoxy groups -OCH3 is 1. The summed E-state index contributed by atoms with van der Waals surface area (Å²) in [7, 11) is 1.57. The summed E-state index contributed by atoms with van der Waals surface area (Å²) in [4.78, 5) is 65.4. The zero-order chi connectivity index (χ0) is 29.1. The van der Waals surface area contributed by atoms with E-state index in [1.165, 1.54) is 9.13 Å². The van der Waals surface area contributed by atoms with Gasteiger partial charge in [0.05, 0.1) is 30.5 Å². The van der Waals surface area contributed by atoms with Gasteiger partial charge in [-0.3, -0.25) is 28.4 Å². The lowest BCUT2D eigenvalue weighted by atomic mass is 10.0. The Morgan fingerprint density at radius 1 is 1.12 bits per heavy atom. The normalized spacial score (nSPS) is 17.7. The molecule has 11 heteroatoms. The highest BCUT2D eigenvalue weighted by atomic mass is 16.5. The number of pyridine rings is 1. The zero-order valence-corrected chi connectivity index (χ0v) is 24.3. The summed E-state index contributed by atoms with van der Waals surface area (Å²) in [5.74, 6) is 1.09. The number of anilines is 1. The van der Waals surface area contributed by atoms with Crippen molar-refractivity contribution in [2.24, 2.45) is 10.9 Å². The van der Waals surface area contributed by atoms with Crippen LogP contribution in [0.3, 0.4) is 0 Å². The highest BCUT2D eigenvalue weighted by Crippen LogP contribution is 2.31. The molecule has 1 aliphatic carbocycles. The van der Waals surface area contributed by atoms with Crippen LogP contribution >= 0.6 is 0 Å². The molecule has 2 aliphatic heterocycles. The maximum Gasteiger partial charge on any atom is 0.332 e. The Kier molecular flexibility index (Phi) is 8.82. The molecule has 1 saturated heterocycles. The largest absolute Gasteiger partial charge is 0.383 e. The molecule has 0 bridgehead atoms. The van der Waals surface area contributed by atoms with Crippen LogP contribution in [0.1, 0.15) is 69.9 Å². The quantitative estimate of drug-likeness (QED) is 0.414. The van der Waals surface area contributed by atoms with Crippen LogP contribution in [0, 0.1) is 5.92 Å². The first-order valence-corrected chi connectivity index (χ1v) is 14.8. The fourth-order valence-corrected chi connectivity index (χ4v) is 6.26. The molecule has 1 atom stereocenters. The average Bonchev–Trinajstić information content (AvgIpc) is 3.74. The highest BCUT2D eigenvalue weighted by molar-refractivity contribution is 6.06. The molecule has 4 heterocycles. The Morgan fingerprint density at radius 2 is 1.90 bits per heavy atom. The topological polar surface area (TPSA) is 119 Å². The number of rotatable bonds is 11. The van der Waals surface area contributed by atoms with E-state index in [9.17, 15) is 19.2 Å². The molecule has 0 N–H and O–H groups in total. The van der Waals surface area contributed by atoms with Gasteiger partial charge in [0.25, 0.3) is 5.56 Å². The number of likely N-dealkylation sites (tertiary alicyclic amines) is 1. The van der Waals surface area contributed by atoms with Gasteiger partial charge in [0, 0.05) is 57.3 Å². The smallest absolute Gasteiger partial charge is 0.332 e. The van der Waals surface area contributed by atoms with E-state index in [0.717, 1.165) is 44.2 Å². The Morgan fingerprint density at radius 3 is 2.54 bits per heavy atom. The molecule has 41 heavy (non-hydrogen) atoms. The molecule has 2 fully saturated rings. The number of hydrogen-bond donors (Lipinski definition) is 0. The molecule has 1 unspecified atom stereocenters. The third-order valence-electron chi connectivity index (χ3n) is 8.41. The van der Waals surface area contributed by atoms with Crippen molar-refractivity contribution < 1.29 is 14.3 Å². The van der Waals surface area contributed by atoms with E-state index < -0.39 is 0 Å². The van der Waals surface area contributed by atoms with Gasteiger partial charge in [-0.1, -0.05) is 19.8 Å². The third-order valence-corrected chi connectivity index (χ3v) is 8.41. The van der Waals surface area contributed by atoms with Crippen molar-refractivity contribution in [3.63, 3.8) is 0 Å². The van der Waals surface area contributed by atoms with Gasteiger partial charge in [-0.05, 0) is 44.7 Å². The Balaban J connectivity index is 1.44. The summed E-state index contributed by atoms with van der Waals surface area (Å²) in [6.07, 6.45) is 7.89. The minimum absolute atomic E-state index is 0.0314. The first kappa shape index (κ1) is 28.9. The molecule has 5 rings (SSSR count). The molecule has 1 saturated carbocycles. The van der Waals surface area contributed by atoms with Crippen LogP contribution in [0.15, 0.2) is 32.9 Å². The average molecular weight is 565 g/mol. The van der Waals surface area contributed by atoms with Crippen molar-refractivity contribution in [3.05, 3.63) is 50.3 Å². The molecule has 2 aromatic heterocycles. The number of aromatic nitrogens is 3. The van der Waals surface area contributed by atoms with Crippen molar-refractivity contribution in [2.75, 3.05) is 31.7 Å². The Bertz CT molecular complexity index is 1440. The van der Waals surface area contributed by atoms with E-state index in [4.69, 9.17) is 14.7 Å². The minimum Gasteiger partial charge on any atom is -0.383 e. The number of nitrogens with zero attached hydrogens (tertiary/aromatic N) is 6. The third kappa shape index (κ3) is 5.77. The minimum atomic E-state index is -0.377. The van der Waals surface area contributed by atoms with Crippen molar-refractivity contribution in [1.82, 2.24) is 19.0 Å². The number of amides is 2. The fraction of sp³-hybridized carbons (Fsp3) is 0.600. The van der Waals surface area contributed by atoms with Crippen LogP contribution in [0.2, 0.25) is 0 Å². The molecule has 0 radical (unpaired) electrons. The van der Waals surface area contributed by atoms with Gasteiger partial charge in [0.1, 0.15) is 11.6 Å². The molecular formula is C30H40N6O5. The molecule has 220 valence electrons. The second-order valence-corrected chi connectivity index (χ2v) is 11.3. The van der Waals surface area contributed by atoms with E-state index in [-0.39, 0.29) is 35.0 Å². The Hall–Kier alpha value is -3.60. The molecule has 2 amide bonds. The summed E-state index contributed by atoms with van der Waals surface area (Å²) in [5, 5.41) is 0. The van der Waals surface area contributed by atoms with Gasteiger partial charge in [-0.25, -0.2) is 14.8 Å². The van der Waals surface area contributed by atoms with Crippen LogP contribution in [-0.2, 0) is 33.8 Å². The molecule has 0 aromatic carbocycles. The summed E-state index contributed by atoms with van der Waals surface area (Å²) >= 11 is 0. The lowest BCUT2D eigenvalue weighted by Gasteiger charge is -2.33. The molecular weight excluding hydrogens is 524 g/mol. The van der Waals surface area contributed by atoms with Crippen LogP contribution in [-0.4, -0.2) is 69.4 Å². The molecule has 3 aliphatic rings. The monoisotopic (exact) mass is 564 g/mol. The van der Waals surface area contributed by atoms with E-state index in [1.807, 2.05) is 30.9 Å². The summed E-state index contributed by atoms with van der Waals surface area (Å²) in [6.45, 7) is 6.07. The van der Waals surface area contributed by atoms with Crippen LogP contribution in [0.4, 0.5) is 11.6 Å². The van der Waals surface area contributed by atoms with E-state index >= 15 is 0 Å². The number of carbonyl (C=O) groups excluding carboxylic acids is 2. The van der Waals surface area contributed by atoms with Gasteiger partial charge >= 0.3 is 5.69 Å². The molecule has 2 aromatic rings. The van der Waals surface area contributed by atoms with Crippen LogP contribution in [0.5, 0.6) is 0 Å². The van der Waals surface area contributed by atoms with E-state index in [1.54, 1.807) is 18.2 Å². The number of ether oxygens (including phenoxy) is 1. The van der Waals surface area contributed by atoms with Crippen molar-refractivity contribution in [1.29, 1.82) is 0 Å². The fourth-order valence-electron chi connectivity index (χ4n) is 6.26. The van der Waals surface area contributed by atoms with Crippen LogP contribution in [0.25, 0.3) is 0 Å². The lowest BCUT2D eigenvalue weighted by Crippen LogP contribution is -2.48. The summed E-state index contributed by atoms with van der Waals surface area (Å²) in [6, 6.07) is 3.48. The van der Waals surface area contributed by atoms with E-state index in [2.05, 4.69) is 0 Å². The molecule has 0 spiro atoms. The van der Waals surface area contributed by atoms with Gasteiger partial charge in [-0.2, -0.15) is 0 Å². The van der Waals surface area contributed by atoms with Gasteiger partial charge in [-0.15, -0.1) is 0 Å². The van der Waals surface area contributed by atoms with Crippen LogP contribution < -0.4 is 16.1 Å². The maximum absolute atomic E-state index is 13.7. The predicted molar refractivity (Wildman–Crippen MR) is 156 cm³/mol. The predicted octanol–water partition coefficient (Wildman–Crippen LogP) is 2.67. The number of carbonyl (C=O) groups is 2. The molecule has 11 nitrogen and oxygen atoms in total. The van der Waals surface area contributed by atoms with E-state index in [0.29, 0.717) is 68.4 Å². The highest BCUT2D eigenvalue weighted by Gasteiger charge is 2.34. The van der Waals surface area contributed by atoms with Gasteiger partial charge in [0.2, 0.25) is 11.8 Å². The second-order valence-electron chi connectivity index (χ2n) is 11.3. The number of aliphatic imine (C=N–C) groups is 1. The lowest BCUT2D eigenvalue weighted by molar-refractivity contribution is -0.128. The van der Waals surface area contributed by atoms with Crippen molar-refractivity contribution >= 4 is 29.2 Å². The number of fused-ring (bicyclic) bond motifs is 1.